The van der Waals surface area contributed by atoms with Gasteiger partial charge in [0.25, 0.3) is 0 Å². The summed E-state index contributed by atoms with van der Waals surface area (Å²) in [5.41, 5.74) is 8.37. The Morgan fingerprint density at radius 3 is 3.00 bits per heavy atom. The van der Waals surface area contributed by atoms with Crippen LogP contribution in [0, 0.1) is 6.92 Å². The van der Waals surface area contributed by atoms with E-state index in [2.05, 4.69) is 20.4 Å². The summed E-state index contributed by atoms with van der Waals surface area (Å²) < 4.78 is 4.92. The maximum absolute atomic E-state index is 5.93. The molecular formula is C13H13N5O. The number of nitrogens with two attached hydrogens (primary N) is 1. The quantitative estimate of drug-likeness (QED) is 0.697. The number of benzene rings is 1. The second-order valence-corrected chi connectivity index (χ2v) is 4.19. The molecule has 3 aromatic rings. The first kappa shape index (κ1) is 11.5. The van der Waals surface area contributed by atoms with Crippen LogP contribution in [0.1, 0.15) is 11.7 Å². The Morgan fingerprint density at radius 1 is 1.32 bits per heavy atom. The summed E-state index contributed by atoms with van der Waals surface area (Å²) in [5.74, 6) is 1.16. The molecule has 0 saturated carbocycles. The molecule has 6 nitrogen and oxygen atoms in total. The van der Waals surface area contributed by atoms with E-state index in [1.807, 2.05) is 24.3 Å². The molecule has 19 heavy (non-hydrogen) atoms. The van der Waals surface area contributed by atoms with Crippen LogP contribution in [-0.2, 0) is 6.54 Å². The molecule has 2 heterocycles. The summed E-state index contributed by atoms with van der Waals surface area (Å²) in [7, 11) is 0. The average Bonchev–Trinajstić information content (AvgIpc) is 2.84. The molecule has 0 bridgehead atoms. The number of aryl methyl sites for hydroxylation is 1. The largest absolute Gasteiger partial charge is 0.398 e. The SMILES string of the molecule is Cc1nc(CNc2ccc(N)c3cccnc23)no1. The zero-order valence-corrected chi connectivity index (χ0v) is 10.4. The average molecular weight is 255 g/mol. The number of fused-ring (bicyclic) bond motifs is 1. The maximum Gasteiger partial charge on any atom is 0.223 e. The molecule has 0 atom stereocenters. The Balaban J connectivity index is 1.91. The van der Waals surface area contributed by atoms with Gasteiger partial charge in [-0.15, -0.1) is 0 Å². The number of nitrogen functional groups attached to an aromatic ring is 1. The third-order valence-corrected chi connectivity index (χ3v) is 2.81. The van der Waals surface area contributed by atoms with Crippen molar-refractivity contribution < 1.29 is 4.52 Å². The zero-order valence-electron chi connectivity index (χ0n) is 10.4. The molecule has 0 fully saturated rings. The zero-order chi connectivity index (χ0) is 13.2. The lowest BCUT2D eigenvalue weighted by Gasteiger charge is -2.08. The minimum absolute atomic E-state index is 0.479. The molecule has 0 unspecified atom stereocenters. The highest BCUT2D eigenvalue weighted by Crippen LogP contribution is 2.26. The van der Waals surface area contributed by atoms with Gasteiger partial charge in [0.2, 0.25) is 5.89 Å². The van der Waals surface area contributed by atoms with E-state index in [4.69, 9.17) is 10.3 Å². The van der Waals surface area contributed by atoms with Crippen LogP contribution in [0.2, 0.25) is 0 Å². The van der Waals surface area contributed by atoms with Crippen molar-refractivity contribution in [2.45, 2.75) is 13.5 Å². The van der Waals surface area contributed by atoms with Crippen LogP contribution >= 0.6 is 0 Å². The van der Waals surface area contributed by atoms with E-state index in [1.165, 1.54) is 0 Å². The van der Waals surface area contributed by atoms with Gasteiger partial charge in [0.05, 0.1) is 17.7 Å². The fourth-order valence-electron chi connectivity index (χ4n) is 1.92. The predicted octanol–water partition coefficient (Wildman–Crippen LogP) is 2.12. The molecule has 6 heteroatoms. The van der Waals surface area contributed by atoms with Crippen molar-refractivity contribution in [1.29, 1.82) is 0 Å². The highest BCUT2D eigenvalue weighted by molar-refractivity contribution is 5.98. The number of hydrogen-bond acceptors (Lipinski definition) is 6. The summed E-state index contributed by atoms with van der Waals surface area (Å²) in [4.78, 5) is 8.49. The van der Waals surface area contributed by atoms with Crippen LogP contribution in [0.15, 0.2) is 35.0 Å². The van der Waals surface area contributed by atoms with Gasteiger partial charge in [0.1, 0.15) is 0 Å². The monoisotopic (exact) mass is 255 g/mol. The minimum atomic E-state index is 0.479. The standard InChI is InChI=1S/C13H13N5O/c1-8-17-12(18-19-8)7-16-11-5-4-10(14)9-3-2-6-15-13(9)11/h2-6,16H,7,14H2,1H3. The number of hydrogen-bond donors (Lipinski definition) is 2. The summed E-state index contributed by atoms with van der Waals surface area (Å²) >= 11 is 0. The van der Waals surface area contributed by atoms with Crippen LogP contribution in [-0.4, -0.2) is 15.1 Å². The number of anilines is 2. The molecule has 0 spiro atoms. The van der Waals surface area contributed by atoms with Crippen molar-refractivity contribution in [2.24, 2.45) is 0 Å². The second-order valence-electron chi connectivity index (χ2n) is 4.19. The van der Waals surface area contributed by atoms with Gasteiger partial charge in [0, 0.05) is 24.2 Å². The van der Waals surface area contributed by atoms with Crippen molar-refractivity contribution >= 4 is 22.3 Å². The highest BCUT2D eigenvalue weighted by Gasteiger charge is 2.06. The molecule has 96 valence electrons. The van der Waals surface area contributed by atoms with Crippen molar-refractivity contribution in [3.05, 3.63) is 42.2 Å². The van der Waals surface area contributed by atoms with Crippen molar-refractivity contribution in [2.75, 3.05) is 11.1 Å². The first-order valence-electron chi connectivity index (χ1n) is 5.90. The Bertz CT molecular complexity index is 722. The van der Waals surface area contributed by atoms with Crippen LogP contribution in [0.25, 0.3) is 10.9 Å². The molecule has 0 aliphatic carbocycles. The van der Waals surface area contributed by atoms with Gasteiger partial charge in [-0.25, -0.2) is 0 Å². The van der Waals surface area contributed by atoms with E-state index in [0.29, 0.717) is 23.9 Å². The Hall–Kier alpha value is -2.63. The minimum Gasteiger partial charge on any atom is -0.398 e. The Labute approximate surface area is 109 Å². The van der Waals surface area contributed by atoms with Gasteiger partial charge in [-0.2, -0.15) is 4.98 Å². The fourth-order valence-corrected chi connectivity index (χ4v) is 1.92. The molecule has 0 saturated heterocycles. The lowest BCUT2D eigenvalue weighted by molar-refractivity contribution is 0.388. The molecule has 3 rings (SSSR count). The lowest BCUT2D eigenvalue weighted by Crippen LogP contribution is -2.03. The Morgan fingerprint density at radius 2 is 2.21 bits per heavy atom. The lowest BCUT2D eigenvalue weighted by atomic mass is 10.1. The van der Waals surface area contributed by atoms with Gasteiger partial charge >= 0.3 is 0 Å². The number of nitrogens with zero attached hydrogens (tertiary/aromatic N) is 3. The number of rotatable bonds is 3. The van der Waals surface area contributed by atoms with Crippen LogP contribution in [0.4, 0.5) is 11.4 Å². The molecule has 1 aromatic carbocycles. The Kier molecular flexibility index (Phi) is 2.75. The van der Waals surface area contributed by atoms with Gasteiger partial charge in [-0.1, -0.05) is 5.16 Å². The van der Waals surface area contributed by atoms with E-state index >= 15 is 0 Å². The van der Waals surface area contributed by atoms with E-state index in [0.717, 1.165) is 16.6 Å². The van der Waals surface area contributed by atoms with Crippen LogP contribution in [0.3, 0.4) is 0 Å². The fraction of sp³-hybridized carbons (Fsp3) is 0.154. The van der Waals surface area contributed by atoms with Crippen LogP contribution < -0.4 is 11.1 Å². The summed E-state index contributed by atoms with van der Waals surface area (Å²) in [6.07, 6.45) is 1.74. The number of nitrogens with one attached hydrogen (secondary N) is 1. The smallest absolute Gasteiger partial charge is 0.223 e. The number of pyridine rings is 1. The molecular weight excluding hydrogens is 242 g/mol. The van der Waals surface area contributed by atoms with Crippen LogP contribution in [0.5, 0.6) is 0 Å². The van der Waals surface area contributed by atoms with Gasteiger partial charge < -0.3 is 15.6 Å². The second kappa shape index (κ2) is 4.56. The van der Waals surface area contributed by atoms with E-state index in [1.54, 1.807) is 13.1 Å². The van der Waals surface area contributed by atoms with Crippen molar-refractivity contribution in [3.8, 4) is 0 Å². The topological polar surface area (TPSA) is 89.9 Å². The third-order valence-electron chi connectivity index (χ3n) is 2.81. The van der Waals surface area contributed by atoms with Crippen molar-refractivity contribution in [3.63, 3.8) is 0 Å². The summed E-state index contributed by atoms with van der Waals surface area (Å²) in [6.45, 7) is 2.24. The van der Waals surface area contributed by atoms with Gasteiger partial charge in [-0.3, -0.25) is 4.98 Å². The maximum atomic E-state index is 5.93. The van der Waals surface area contributed by atoms with E-state index in [-0.39, 0.29) is 0 Å². The van der Waals surface area contributed by atoms with E-state index in [9.17, 15) is 0 Å². The first-order valence-corrected chi connectivity index (χ1v) is 5.90. The molecule has 3 N–H and O–H groups in total. The van der Waals surface area contributed by atoms with Crippen molar-refractivity contribution in [1.82, 2.24) is 15.1 Å². The molecule has 0 radical (unpaired) electrons. The molecule has 0 amide bonds. The normalized spacial score (nSPS) is 10.8. The third kappa shape index (κ3) is 2.20. The molecule has 0 aliphatic heterocycles. The molecule has 2 aromatic heterocycles. The highest BCUT2D eigenvalue weighted by atomic mass is 16.5. The summed E-state index contributed by atoms with van der Waals surface area (Å²) in [6, 6.07) is 7.57. The first-order chi connectivity index (χ1) is 9.24. The molecule has 0 aliphatic rings. The van der Waals surface area contributed by atoms with Gasteiger partial charge in [-0.05, 0) is 24.3 Å². The van der Waals surface area contributed by atoms with E-state index < -0.39 is 0 Å². The number of aromatic nitrogens is 3. The van der Waals surface area contributed by atoms with Gasteiger partial charge in [0.15, 0.2) is 5.82 Å². The summed E-state index contributed by atoms with van der Waals surface area (Å²) in [5, 5.41) is 8.00. The predicted molar refractivity (Wildman–Crippen MR) is 72.5 cm³/mol.